The van der Waals surface area contributed by atoms with Gasteiger partial charge in [-0.25, -0.2) is 22.4 Å². The lowest BCUT2D eigenvalue weighted by Crippen LogP contribution is -2.11. The second-order valence-corrected chi connectivity index (χ2v) is 8.45. The van der Waals surface area contributed by atoms with Gasteiger partial charge < -0.3 is 0 Å². The van der Waals surface area contributed by atoms with Gasteiger partial charge in [0.1, 0.15) is 5.15 Å². The first-order valence-corrected chi connectivity index (χ1v) is 9.35. The van der Waals surface area contributed by atoms with Gasteiger partial charge >= 0.3 is 0 Å². The summed E-state index contributed by atoms with van der Waals surface area (Å²) in [6, 6.07) is 9.84. The van der Waals surface area contributed by atoms with Crippen molar-refractivity contribution in [1.29, 1.82) is 0 Å². The fourth-order valence-corrected chi connectivity index (χ4v) is 4.80. The molecule has 0 aliphatic rings. The minimum atomic E-state index is -3.72. The number of hydrogen-bond donors (Lipinski definition) is 0. The second kappa shape index (κ2) is 5.02. The molecule has 3 heterocycles. The van der Waals surface area contributed by atoms with Crippen LogP contribution in [0.15, 0.2) is 47.5 Å². The molecule has 0 fully saturated rings. The van der Waals surface area contributed by atoms with Gasteiger partial charge in [-0.1, -0.05) is 11.6 Å². The van der Waals surface area contributed by atoms with Crippen molar-refractivity contribution in [1.82, 2.24) is 13.9 Å². The Labute approximate surface area is 141 Å². The Kier molecular flexibility index (Phi) is 3.19. The van der Waals surface area contributed by atoms with Crippen molar-refractivity contribution in [2.45, 2.75) is 11.8 Å². The van der Waals surface area contributed by atoms with Gasteiger partial charge in [-0.3, -0.25) is 0 Å². The highest BCUT2D eigenvalue weighted by atomic mass is 35.5. The van der Waals surface area contributed by atoms with E-state index < -0.39 is 10.0 Å². The largest absolute Gasteiger partial charge is 0.268 e. The maximum atomic E-state index is 12.9. The molecule has 0 saturated carbocycles. The quantitative estimate of drug-likeness (QED) is 0.507. The number of halogens is 1. The Morgan fingerprint density at radius 1 is 1.09 bits per heavy atom. The van der Waals surface area contributed by atoms with Gasteiger partial charge in [0.05, 0.1) is 31.2 Å². The Balaban J connectivity index is 1.93. The summed E-state index contributed by atoms with van der Waals surface area (Å²) >= 11 is 7.39. The zero-order valence-electron chi connectivity index (χ0n) is 11.9. The fourth-order valence-electron chi connectivity index (χ4n) is 2.48. The topological polar surface area (TPSA) is 64.8 Å². The summed E-state index contributed by atoms with van der Waals surface area (Å²) in [5, 5.41) is 1.23. The number of nitrogens with zero attached hydrogens (tertiary/aromatic N) is 3. The molecule has 23 heavy (non-hydrogen) atoms. The first kappa shape index (κ1) is 14.6. The fraction of sp³-hybridized carbons (Fsp3) is 0.0667. The number of thiazole rings is 1. The van der Waals surface area contributed by atoms with Crippen LogP contribution in [0.2, 0.25) is 5.15 Å². The van der Waals surface area contributed by atoms with Crippen LogP contribution in [0.4, 0.5) is 0 Å². The number of pyridine rings is 1. The van der Waals surface area contributed by atoms with Crippen LogP contribution >= 0.6 is 22.9 Å². The van der Waals surface area contributed by atoms with Crippen molar-refractivity contribution >= 4 is 54.2 Å². The van der Waals surface area contributed by atoms with Crippen LogP contribution in [0.25, 0.3) is 21.3 Å². The number of fused-ring (bicyclic) bond motifs is 2. The molecular formula is C15H10ClN3O2S2. The Hall–Kier alpha value is -1.96. The van der Waals surface area contributed by atoms with E-state index in [-0.39, 0.29) is 4.90 Å². The molecule has 0 bridgehead atoms. The lowest BCUT2D eigenvalue weighted by molar-refractivity contribution is 0.589. The normalized spacial score (nSPS) is 12.3. The summed E-state index contributed by atoms with van der Waals surface area (Å²) in [6.07, 6.45) is 1.49. The number of hydrogen-bond acceptors (Lipinski definition) is 5. The average Bonchev–Trinajstić information content (AvgIpc) is 3.08. The van der Waals surface area contributed by atoms with Crippen LogP contribution in [-0.4, -0.2) is 22.4 Å². The molecule has 0 N–H and O–H groups in total. The maximum Gasteiger partial charge on any atom is 0.268 e. The highest BCUT2D eigenvalue weighted by molar-refractivity contribution is 7.90. The third-order valence-electron chi connectivity index (χ3n) is 3.50. The molecule has 1 aromatic carbocycles. The Bertz CT molecular complexity index is 1160. The van der Waals surface area contributed by atoms with E-state index in [4.69, 9.17) is 11.6 Å². The van der Waals surface area contributed by atoms with Crippen molar-refractivity contribution in [3.8, 4) is 0 Å². The van der Waals surface area contributed by atoms with Crippen molar-refractivity contribution in [2.24, 2.45) is 0 Å². The van der Waals surface area contributed by atoms with Crippen LogP contribution in [0.5, 0.6) is 0 Å². The summed E-state index contributed by atoms with van der Waals surface area (Å²) in [5.74, 6) is 0. The number of aromatic nitrogens is 3. The lowest BCUT2D eigenvalue weighted by Gasteiger charge is -2.07. The van der Waals surface area contributed by atoms with Gasteiger partial charge in [0.25, 0.3) is 10.0 Å². The molecule has 0 aliphatic carbocycles. The van der Waals surface area contributed by atoms with Gasteiger partial charge in [-0.15, -0.1) is 11.3 Å². The van der Waals surface area contributed by atoms with Crippen molar-refractivity contribution in [3.63, 3.8) is 0 Å². The van der Waals surface area contributed by atoms with E-state index in [2.05, 4.69) is 9.97 Å². The molecule has 0 unspecified atom stereocenters. The molecule has 116 valence electrons. The standard InChI is InChI=1S/C15H10ClN3O2S2/c1-9-17-12-8-10(2-4-14(12)22-9)23(20,21)19-7-6-11-13(19)3-5-15(16)18-11/h2-8H,1H3. The van der Waals surface area contributed by atoms with Crippen LogP contribution in [0, 0.1) is 6.92 Å². The van der Waals surface area contributed by atoms with E-state index in [1.54, 1.807) is 36.4 Å². The predicted octanol–water partition coefficient (Wildman–Crippen LogP) is 3.84. The van der Waals surface area contributed by atoms with E-state index in [0.717, 1.165) is 9.71 Å². The predicted molar refractivity (Wildman–Crippen MR) is 91.7 cm³/mol. The monoisotopic (exact) mass is 363 g/mol. The number of benzene rings is 1. The zero-order chi connectivity index (χ0) is 16.2. The SMILES string of the molecule is Cc1nc2cc(S(=O)(=O)n3ccc4nc(Cl)ccc43)ccc2s1. The third-order valence-corrected chi connectivity index (χ3v) is 6.34. The van der Waals surface area contributed by atoms with E-state index in [1.807, 2.05) is 6.92 Å². The number of rotatable bonds is 2. The molecule has 0 amide bonds. The maximum absolute atomic E-state index is 12.9. The molecule has 0 aliphatic heterocycles. The van der Waals surface area contributed by atoms with Gasteiger partial charge in [0, 0.05) is 6.20 Å². The number of aryl methyl sites for hydroxylation is 1. The Morgan fingerprint density at radius 2 is 1.91 bits per heavy atom. The third kappa shape index (κ3) is 2.32. The summed E-state index contributed by atoms with van der Waals surface area (Å²) in [4.78, 5) is 8.68. The molecule has 8 heteroatoms. The first-order valence-electron chi connectivity index (χ1n) is 6.71. The average molecular weight is 364 g/mol. The molecule has 5 nitrogen and oxygen atoms in total. The smallest absolute Gasteiger partial charge is 0.241 e. The second-order valence-electron chi connectivity index (χ2n) is 5.02. The summed E-state index contributed by atoms with van der Waals surface area (Å²) in [7, 11) is -3.72. The van der Waals surface area contributed by atoms with E-state index in [9.17, 15) is 8.42 Å². The van der Waals surface area contributed by atoms with Crippen molar-refractivity contribution in [2.75, 3.05) is 0 Å². The van der Waals surface area contributed by atoms with Crippen LogP contribution in [-0.2, 0) is 10.0 Å². The van der Waals surface area contributed by atoms with Crippen LogP contribution in [0.3, 0.4) is 0 Å². The molecular weight excluding hydrogens is 354 g/mol. The minimum Gasteiger partial charge on any atom is -0.241 e. The van der Waals surface area contributed by atoms with Gasteiger partial charge in [0.15, 0.2) is 0 Å². The molecule has 4 aromatic rings. The van der Waals surface area contributed by atoms with Crippen molar-refractivity contribution < 1.29 is 8.42 Å². The zero-order valence-corrected chi connectivity index (χ0v) is 14.3. The van der Waals surface area contributed by atoms with E-state index in [1.165, 1.54) is 21.5 Å². The lowest BCUT2D eigenvalue weighted by atomic mass is 10.3. The summed E-state index contributed by atoms with van der Waals surface area (Å²) in [5.41, 5.74) is 1.71. The van der Waals surface area contributed by atoms with E-state index in [0.29, 0.717) is 21.7 Å². The first-order chi connectivity index (χ1) is 10.9. The molecule has 0 spiro atoms. The summed E-state index contributed by atoms with van der Waals surface area (Å²) in [6.45, 7) is 1.90. The van der Waals surface area contributed by atoms with Crippen LogP contribution < -0.4 is 0 Å². The molecule has 0 radical (unpaired) electrons. The van der Waals surface area contributed by atoms with Gasteiger partial charge in [-0.2, -0.15) is 0 Å². The molecule has 3 aromatic heterocycles. The Morgan fingerprint density at radius 3 is 2.74 bits per heavy atom. The van der Waals surface area contributed by atoms with Gasteiger partial charge in [0.2, 0.25) is 0 Å². The van der Waals surface area contributed by atoms with Crippen molar-refractivity contribution in [3.05, 3.63) is 52.8 Å². The molecule has 4 rings (SSSR count). The molecule has 0 atom stereocenters. The minimum absolute atomic E-state index is 0.197. The van der Waals surface area contributed by atoms with E-state index >= 15 is 0 Å². The van der Waals surface area contributed by atoms with Crippen LogP contribution in [0.1, 0.15) is 5.01 Å². The molecule has 0 saturated heterocycles. The highest BCUT2D eigenvalue weighted by Crippen LogP contribution is 2.27. The highest BCUT2D eigenvalue weighted by Gasteiger charge is 2.20. The van der Waals surface area contributed by atoms with Gasteiger partial charge in [-0.05, 0) is 43.3 Å². The summed E-state index contributed by atoms with van der Waals surface area (Å²) < 4.78 is 28.0.